The summed E-state index contributed by atoms with van der Waals surface area (Å²) >= 11 is 0. The highest BCUT2D eigenvalue weighted by Gasteiger charge is 2.33. The molecule has 1 saturated heterocycles. The number of benzene rings is 1. The van der Waals surface area contributed by atoms with E-state index in [1.807, 2.05) is 13.0 Å². The van der Waals surface area contributed by atoms with Crippen molar-refractivity contribution in [3.63, 3.8) is 0 Å². The summed E-state index contributed by atoms with van der Waals surface area (Å²) in [5.41, 5.74) is 9.66. The molecule has 22 heavy (non-hydrogen) atoms. The lowest BCUT2D eigenvalue weighted by Crippen LogP contribution is -2.38. The van der Waals surface area contributed by atoms with Gasteiger partial charge in [-0.3, -0.25) is 0 Å². The normalized spacial score (nSPS) is 16.9. The van der Waals surface area contributed by atoms with Crippen LogP contribution in [0.3, 0.4) is 0 Å². The highest BCUT2D eigenvalue weighted by atomic mass is 14.9. The molecule has 0 spiro atoms. The zero-order valence-electron chi connectivity index (χ0n) is 12.8. The molecule has 112 valence electrons. The molecule has 0 radical (unpaired) electrons. The van der Waals surface area contributed by atoms with Crippen LogP contribution < -0.4 is 11.1 Å². The van der Waals surface area contributed by atoms with E-state index in [-0.39, 0.29) is 5.41 Å². The predicted octanol–water partition coefficient (Wildman–Crippen LogP) is 2.78. The van der Waals surface area contributed by atoms with Crippen LogP contribution in [0.15, 0.2) is 36.5 Å². The molecule has 0 saturated carbocycles. The Hall–Kier alpha value is -2.38. The van der Waals surface area contributed by atoms with Crippen molar-refractivity contribution in [1.82, 2.24) is 10.3 Å². The van der Waals surface area contributed by atoms with Gasteiger partial charge in [0, 0.05) is 11.8 Å². The van der Waals surface area contributed by atoms with Gasteiger partial charge in [0.15, 0.2) is 0 Å². The van der Waals surface area contributed by atoms with Crippen molar-refractivity contribution in [3.8, 4) is 17.2 Å². The maximum Gasteiger partial charge on any atom is 0.126 e. The zero-order valence-corrected chi connectivity index (χ0v) is 12.8. The Morgan fingerprint density at radius 2 is 1.86 bits per heavy atom. The van der Waals surface area contributed by atoms with E-state index in [9.17, 15) is 5.26 Å². The molecule has 2 heterocycles. The minimum absolute atomic E-state index is 0.348. The van der Waals surface area contributed by atoms with Crippen molar-refractivity contribution in [1.29, 1.82) is 5.26 Å². The lowest BCUT2D eigenvalue weighted by Gasteiger charge is -2.31. The minimum atomic E-state index is -0.348. The number of pyridine rings is 1. The number of hydrogen-bond donors (Lipinski definition) is 2. The summed E-state index contributed by atoms with van der Waals surface area (Å²) in [5.74, 6) is 0.568. The fourth-order valence-electron chi connectivity index (χ4n) is 3.04. The first-order valence-electron chi connectivity index (χ1n) is 7.60. The monoisotopic (exact) mass is 292 g/mol. The van der Waals surface area contributed by atoms with Gasteiger partial charge in [-0.1, -0.05) is 24.3 Å². The molecular formula is C18H20N4. The quantitative estimate of drug-likeness (QED) is 0.892. The molecule has 0 unspecified atom stereocenters. The van der Waals surface area contributed by atoms with Crippen LogP contribution in [0.1, 0.15) is 24.0 Å². The number of anilines is 1. The molecule has 0 amide bonds. The number of aromatic nitrogens is 1. The van der Waals surface area contributed by atoms with Crippen LogP contribution >= 0.6 is 0 Å². The van der Waals surface area contributed by atoms with Gasteiger partial charge < -0.3 is 11.1 Å². The first-order chi connectivity index (χ1) is 10.6. The topological polar surface area (TPSA) is 74.7 Å². The van der Waals surface area contributed by atoms with Crippen molar-refractivity contribution < 1.29 is 0 Å². The molecule has 0 atom stereocenters. The van der Waals surface area contributed by atoms with E-state index in [1.54, 1.807) is 6.20 Å². The van der Waals surface area contributed by atoms with Crippen LogP contribution in [0.4, 0.5) is 5.82 Å². The number of piperidine rings is 1. The largest absolute Gasteiger partial charge is 0.383 e. The summed E-state index contributed by atoms with van der Waals surface area (Å²) in [6, 6.07) is 12.9. The summed E-state index contributed by atoms with van der Waals surface area (Å²) in [4.78, 5) is 4.21. The molecule has 4 heteroatoms. The molecule has 3 rings (SSSR count). The fourth-order valence-corrected chi connectivity index (χ4v) is 3.04. The van der Waals surface area contributed by atoms with Gasteiger partial charge in [-0.25, -0.2) is 4.98 Å². The highest BCUT2D eigenvalue weighted by molar-refractivity contribution is 5.65. The second-order valence-electron chi connectivity index (χ2n) is 5.95. The van der Waals surface area contributed by atoms with Gasteiger partial charge in [0.25, 0.3) is 0 Å². The Kier molecular flexibility index (Phi) is 3.82. The van der Waals surface area contributed by atoms with E-state index in [0.29, 0.717) is 5.82 Å². The average Bonchev–Trinajstić information content (AvgIpc) is 2.58. The molecule has 1 fully saturated rings. The third kappa shape index (κ3) is 2.56. The highest BCUT2D eigenvalue weighted by Crippen LogP contribution is 2.34. The van der Waals surface area contributed by atoms with Crippen LogP contribution in [-0.2, 0) is 5.41 Å². The smallest absolute Gasteiger partial charge is 0.126 e. The van der Waals surface area contributed by atoms with E-state index in [4.69, 9.17) is 5.73 Å². The van der Waals surface area contributed by atoms with Gasteiger partial charge in [-0.15, -0.1) is 0 Å². The van der Waals surface area contributed by atoms with Gasteiger partial charge in [0.05, 0.1) is 11.5 Å². The third-order valence-corrected chi connectivity index (χ3v) is 4.56. The molecule has 0 bridgehead atoms. The van der Waals surface area contributed by atoms with Crippen LogP contribution in [0.5, 0.6) is 0 Å². The molecule has 0 aliphatic carbocycles. The Labute approximate surface area is 131 Å². The summed E-state index contributed by atoms with van der Waals surface area (Å²) in [6.07, 6.45) is 3.53. The summed E-state index contributed by atoms with van der Waals surface area (Å²) in [7, 11) is 0. The minimum Gasteiger partial charge on any atom is -0.383 e. The maximum absolute atomic E-state index is 9.65. The van der Waals surface area contributed by atoms with Gasteiger partial charge in [0.1, 0.15) is 5.82 Å². The zero-order chi connectivity index (χ0) is 15.6. The number of nitrogens with zero attached hydrogens (tertiary/aromatic N) is 2. The van der Waals surface area contributed by atoms with E-state index in [2.05, 4.69) is 40.6 Å². The molecule has 1 aromatic carbocycles. The first kappa shape index (κ1) is 14.6. The van der Waals surface area contributed by atoms with Crippen LogP contribution in [0.25, 0.3) is 11.1 Å². The van der Waals surface area contributed by atoms with E-state index < -0.39 is 0 Å². The van der Waals surface area contributed by atoms with Crippen LogP contribution in [0, 0.1) is 18.3 Å². The van der Waals surface area contributed by atoms with Crippen LogP contribution in [0.2, 0.25) is 0 Å². The number of nitrogen functional groups attached to an aromatic ring is 1. The van der Waals surface area contributed by atoms with Crippen molar-refractivity contribution >= 4 is 5.82 Å². The number of hydrogen-bond acceptors (Lipinski definition) is 4. The lowest BCUT2D eigenvalue weighted by atomic mass is 9.74. The van der Waals surface area contributed by atoms with Crippen molar-refractivity contribution in [2.45, 2.75) is 25.2 Å². The number of nitrogens with one attached hydrogen (secondary N) is 1. The molecule has 4 nitrogen and oxygen atoms in total. The second kappa shape index (κ2) is 5.78. The molecule has 1 aliphatic heterocycles. The Balaban J connectivity index is 1.92. The number of nitrogens with two attached hydrogens (primary N) is 1. The van der Waals surface area contributed by atoms with Gasteiger partial charge in [-0.2, -0.15) is 5.26 Å². The molecular weight excluding hydrogens is 272 g/mol. The van der Waals surface area contributed by atoms with Crippen molar-refractivity contribution in [3.05, 3.63) is 47.7 Å². The van der Waals surface area contributed by atoms with Crippen LogP contribution in [-0.4, -0.2) is 18.1 Å². The molecule has 3 N–H and O–H groups in total. The summed E-state index contributed by atoms with van der Waals surface area (Å²) in [6.45, 7) is 3.76. The van der Waals surface area contributed by atoms with Gasteiger partial charge in [0.2, 0.25) is 0 Å². The number of nitriles is 1. The van der Waals surface area contributed by atoms with Crippen molar-refractivity contribution in [2.24, 2.45) is 0 Å². The predicted molar refractivity (Wildman–Crippen MR) is 88.2 cm³/mol. The number of aryl methyl sites for hydroxylation is 1. The molecule has 1 aromatic heterocycles. The summed E-state index contributed by atoms with van der Waals surface area (Å²) < 4.78 is 0. The van der Waals surface area contributed by atoms with Gasteiger partial charge >= 0.3 is 0 Å². The van der Waals surface area contributed by atoms with Gasteiger partial charge in [-0.05, 0) is 55.6 Å². The lowest BCUT2D eigenvalue weighted by molar-refractivity contribution is 0.382. The number of rotatable bonds is 2. The Morgan fingerprint density at radius 3 is 2.45 bits per heavy atom. The second-order valence-corrected chi connectivity index (χ2v) is 5.95. The summed E-state index contributed by atoms with van der Waals surface area (Å²) in [5, 5.41) is 13.0. The Bertz CT molecular complexity index is 707. The SMILES string of the molecule is Cc1cc(-c2ccc(C3(C#N)CCNCC3)cc2)cnc1N. The van der Waals surface area contributed by atoms with E-state index in [1.165, 1.54) is 0 Å². The Morgan fingerprint density at radius 1 is 1.18 bits per heavy atom. The van der Waals surface area contributed by atoms with E-state index >= 15 is 0 Å². The van der Waals surface area contributed by atoms with Crippen molar-refractivity contribution in [2.75, 3.05) is 18.8 Å². The fraction of sp³-hybridized carbons (Fsp3) is 0.333. The average molecular weight is 292 g/mol. The maximum atomic E-state index is 9.65. The molecule has 1 aliphatic rings. The standard InChI is InChI=1S/C18H20N4/c1-13-10-15(11-22-17(13)20)14-2-4-16(5-3-14)18(12-19)6-8-21-9-7-18/h2-5,10-11,21H,6-9H2,1H3,(H2,20,22). The first-order valence-corrected chi connectivity index (χ1v) is 7.60. The van der Waals surface area contributed by atoms with E-state index in [0.717, 1.165) is 48.2 Å². The molecule has 2 aromatic rings. The third-order valence-electron chi connectivity index (χ3n) is 4.56.